The number of nitrogens with one attached hydrogen (secondary N) is 1. The first-order valence-corrected chi connectivity index (χ1v) is 11.4. The van der Waals surface area contributed by atoms with E-state index in [4.69, 9.17) is 25.5 Å². The number of carbonyl (C=O) groups is 2. The highest BCUT2D eigenvalue weighted by Crippen LogP contribution is 2.40. The van der Waals surface area contributed by atoms with Crippen LogP contribution in [0.1, 0.15) is 20.8 Å². The second kappa shape index (κ2) is 9.70. The van der Waals surface area contributed by atoms with Crippen molar-refractivity contribution in [2.24, 2.45) is 0 Å². The number of methoxy groups -OCH3 is 1. The predicted octanol–water partition coefficient (Wildman–Crippen LogP) is 5.60. The lowest BCUT2D eigenvalue weighted by Crippen LogP contribution is -2.21. The van der Waals surface area contributed by atoms with Gasteiger partial charge in [0.1, 0.15) is 21.9 Å². The van der Waals surface area contributed by atoms with Crippen LogP contribution in [-0.2, 0) is 9.53 Å². The van der Waals surface area contributed by atoms with Gasteiger partial charge >= 0.3 is 11.6 Å². The third-order valence-corrected chi connectivity index (χ3v) is 6.42. The zero-order chi connectivity index (χ0) is 24.4. The average Bonchev–Trinajstić information content (AvgIpc) is 3.12. The third-order valence-electron chi connectivity index (χ3n) is 5.15. The molecular formula is C25H20ClNO6S. The van der Waals surface area contributed by atoms with Crippen molar-refractivity contribution in [3.8, 4) is 16.9 Å². The number of aryl methyl sites for hydroxylation is 2. The van der Waals surface area contributed by atoms with Crippen LogP contribution in [0.2, 0.25) is 5.02 Å². The number of hydrogen-bond acceptors (Lipinski definition) is 7. The number of ether oxygens (including phenoxy) is 2. The lowest BCUT2D eigenvalue weighted by Gasteiger charge is -2.10. The molecule has 2 heterocycles. The number of hydrogen-bond donors (Lipinski definition) is 1. The Morgan fingerprint density at radius 1 is 1.09 bits per heavy atom. The molecule has 0 saturated carbocycles. The number of amides is 1. The summed E-state index contributed by atoms with van der Waals surface area (Å²) in [5.41, 5.74) is 2.42. The highest BCUT2D eigenvalue weighted by atomic mass is 35.5. The van der Waals surface area contributed by atoms with Gasteiger partial charge in [-0.1, -0.05) is 23.7 Å². The Bertz CT molecular complexity index is 1460. The first kappa shape index (κ1) is 23.5. The van der Waals surface area contributed by atoms with Gasteiger partial charge in [0.2, 0.25) is 0 Å². The molecule has 0 spiro atoms. The Morgan fingerprint density at radius 2 is 1.82 bits per heavy atom. The van der Waals surface area contributed by atoms with Crippen LogP contribution in [0, 0.1) is 13.8 Å². The van der Waals surface area contributed by atoms with Crippen molar-refractivity contribution in [2.75, 3.05) is 19.0 Å². The molecule has 7 nitrogen and oxygen atoms in total. The van der Waals surface area contributed by atoms with E-state index >= 15 is 0 Å². The Morgan fingerprint density at radius 3 is 2.53 bits per heavy atom. The molecule has 0 fully saturated rings. The quantitative estimate of drug-likeness (QED) is 0.275. The number of fused-ring (bicyclic) bond motifs is 1. The molecule has 174 valence electrons. The summed E-state index contributed by atoms with van der Waals surface area (Å²) in [6.07, 6.45) is 0. The van der Waals surface area contributed by atoms with Gasteiger partial charge in [-0.05, 0) is 49.2 Å². The van der Waals surface area contributed by atoms with Crippen molar-refractivity contribution in [1.29, 1.82) is 0 Å². The summed E-state index contributed by atoms with van der Waals surface area (Å²) >= 11 is 7.26. The van der Waals surface area contributed by atoms with E-state index in [0.29, 0.717) is 26.9 Å². The molecule has 0 aliphatic carbocycles. The van der Waals surface area contributed by atoms with Crippen LogP contribution in [0.15, 0.2) is 57.7 Å². The van der Waals surface area contributed by atoms with Gasteiger partial charge in [0.25, 0.3) is 5.91 Å². The van der Waals surface area contributed by atoms with Crippen molar-refractivity contribution in [1.82, 2.24) is 0 Å². The van der Waals surface area contributed by atoms with E-state index in [1.54, 1.807) is 42.5 Å². The molecule has 0 saturated heterocycles. The number of benzene rings is 2. The summed E-state index contributed by atoms with van der Waals surface area (Å²) in [6.45, 7) is 3.36. The highest BCUT2D eigenvalue weighted by Gasteiger charge is 2.25. The van der Waals surface area contributed by atoms with E-state index in [1.807, 2.05) is 13.8 Å². The molecule has 2 aromatic heterocycles. The largest absolute Gasteiger partial charge is 0.484 e. The molecule has 0 bridgehead atoms. The van der Waals surface area contributed by atoms with Crippen LogP contribution in [0.5, 0.6) is 5.75 Å². The predicted molar refractivity (Wildman–Crippen MR) is 132 cm³/mol. The molecule has 0 radical (unpaired) electrons. The number of esters is 1. The fourth-order valence-electron chi connectivity index (χ4n) is 3.60. The second-order valence-corrected chi connectivity index (χ2v) is 9.14. The molecule has 4 aromatic rings. The van der Waals surface area contributed by atoms with Gasteiger partial charge < -0.3 is 19.2 Å². The molecule has 34 heavy (non-hydrogen) atoms. The first-order chi connectivity index (χ1) is 16.3. The minimum Gasteiger partial charge on any atom is -0.484 e. The van der Waals surface area contributed by atoms with Gasteiger partial charge in [-0.25, -0.2) is 9.59 Å². The molecule has 0 unspecified atom stereocenters. The zero-order valence-electron chi connectivity index (χ0n) is 18.6. The van der Waals surface area contributed by atoms with Gasteiger partial charge in [-0.3, -0.25) is 4.79 Å². The molecule has 0 aliphatic heterocycles. The number of thiophene rings is 1. The highest BCUT2D eigenvalue weighted by molar-refractivity contribution is 7.17. The Labute approximate surface area is 203 Å². The van der Waals surface area contributed by atoms with Crippen molar-refractivity contribution in [2.45, 2.75) is 13.8 Å². The fraction of sp³-hybridized carbons (Fsp3) is 0.160. The molecular weight excluding hydrogens is 478 g/mol. The Kier molecular flexibility index (Phi) is 6.72. The van der Waals surface area contributed by atoms with Gasteiger partial charge in [0.05, 0.1) is 7.11 Å². The summed E-state index contributed by atoms with van der Waals surface area (Å²) in [5.74, 6) is -0.654. The Balaban J connectivity index is 1.55. The van der Waals surface area contributed by atoms with E-state index in [0.717, 1.165) is 21.4 Å². The minimum atomic E-state index is -0.564. The summed E-state index contributed by atoms with van der Waals surface area (Å²) < 4.78 is 15.8. The number of anilines is 1. The lowest BCUT2D eigenvalue weighted by atomic mass is 10.0. The number of halogens is 1. The van der Waals surface area contributed by atoms with E-state index < -0.39 is 17.5 Å². The van der Waals surface area contributed by atoms with E-state index in [-0.39, 0.29) is 12.2 Å². The monoisotopic (exact) mass is 497 g/mol. The van der Waals surface area contributed by atoms with Gasteiger partial charge in [-0.15, -0.1) is 11.3 Å². The summed E-state index contributed by atoms with van der Waals surface area (Å²) in [7, 11) is 1.29. The molecule has 2 aromatic carbocycles. The van der Waals surface area contributed by atoms with Crippen LogP contribution in [-0.4, -0.2) is 25.6 Å². The van der Waals surface area contributed by atoms with Crippen LogP contribution in [0.3, 0.4) is 0 Å². The van der Waals surface area contributed by atoms with Crippen LogP contribution in [0.25, 0.3) is 22.1 Å². The fourth-order valence-corrected chi connectivity index (χ4v) is 4.81. The zero-order valence-corrected chi connectivity index (χ0v) is 20.1. The van der Waals surface area contributed by atoms with Gasteiger partial charge in [0, 0.05) is 33.0 Å². The summed E-state index contributed by atoms with van der Waals surface area (Å²) in [4.78, 5) is 37.7. The van der Waals surface area contributed by atoms with Crippen molar-refractivity contribution in [3.05, 3.63) is 80.0 Å². The molecule has 1 N–H and O–H groups in total. The molecule has 0 aliphatic rings. The summed E-state index contributed by atoms with van der Waals surface area (Å²) in [5, 5.41) is 4.47. The Hall–Kier alpha value is -3.62. The summed E-state index contributed by atoms with van der Waals surface area (Å²) in [6, 6.07) is 13.5. The van der Waals surface area contributed by atoms with Gasteiger partial charge in [-0.2, -0.15) is 0 Å². The van der Waals surface area contributed by atoms with Crippen molar-refractivity contribution in [3.63, 3.8) is 0 Å². The number of carbonyl (C=O) groups excluding carboxylic acids is 2. The van der Waals surface area contributed by atoms with Crippen LogP contribution >= 0.6 is 22.9 Å². The second-order valence-electron chi connectivity index (χ2n) is 7.48. The van der Waals surface area contributed by atoms with Crippen molar-refractivity contribution >= 4 is 50.8 Å². The molecule has 9 heteroatoms. The third kappa shape index (κ3) is 4.83. The topological polar surface area (TPSA) is 94.8 Å². The molecule has 1 amide bonds. The average molecular weight is 498 g/mol. The maximum atomic E-state index is 12.7. The minimum absolute atomic E-state index is 0.267. The van der Waals surface area contributed by atoms with Gasteiger partial charge in [0.15, 0.2) is 6.61 Å². The lowest BCUT2D eigenvalue weighted by molar-refractivity contribution is -0.118. The maximum Gasteiger partial charge on any atom is 0.341 e. The normalized spacial score (nSPS) is 10.8. The first-order valence-electron chi connectivity index (χ1n) is 10.2. The van der Waals surface area contributed by atoms with Crippen LogP contribution < -0.4 is 15.7 Å². The standard InChI is InChI=1S/C25H20ClNO6S/c1-13-10-21(29)33-19-11-17(8-9-18(13)19)32-12-20(28)27-24-23(25(30)31-3)22(14(2)34-24)15-4-6-16(26)7-5-15/h4-11H,12H2,1-3H3,(H,27,28). The molecule has 4 rings (SSSR count). The van der Waals surface area contributed by atoms with E-state index in [9.17, 15) is 14.4 Å². The van der Waals surface area contributed by atoms with E-state index in [2.05, 4.69) is 5.32 Å². The van der Waals surface area contributed by atoms with Crippen molar-refractivity contribution < 1.29 is 23.5 Å². The molecule has 0 atom stereocenters. The smallest absolute Gasteiger partial charge is 0.341 e. The number of rotatable bonds is 6. The maximum absolute atomic E-state index is 12.7. The van der Waals surface area contributed by atoms with Crippen LogP contribution in [0.4, 0.5) is 5.00 Å². The SMILES string of the molecule is COC(=O)c1c(NC(=O)COc2ccc3c(C)cc(=O)oc3c2)sc(C)c1-c1ccc(Cl)cc1. The van der Waals surface area contributed by atoms with E-state index in [1.165, 1.54) is 24.5 Å².